The number of nitrogen functional groups attached to an aromatic ring is 1. The van der Waals surface area contributed by atoms with Gasteiger partial charge in [0, 0.05) is 5.56 Å². The lowest BCUT2D eigenvalue weighted by Crippen LogP contribution is -1.94. The number of anilines is 1. The van der Waals surface area contributed by atoms with Gasteiger partial charge in [0.2, 0.25) is 0 Å². The van der Waals surface area contributed by atoms with Crippen molar-refractivity contribution in [3.8, 4) is 17.0 Å². The lowest BCUT2D eigenvalue weighted by atomic mass is 10.1. The fraction of sp³-hybridized carbons (Fsp3) is 0.100. The minimum absolute atomic E-state index is 0.591. The van der Waals surface area contributed by atoms with Gasteiger partial charge in [-0.3, -0.25) is 0 Å². The van der Waals surface area contributed by atoms with Gasteiger partial charge in [0.05, 0.1) is 12.8 Å². The first-order valence-corrected chi connectivity index (χ1v) is 4.14. The van der Waals surface area contributed by atoms with Gasteiger partial charge < -0.3 is 14.9 Å². The molecule has 4 nitrogen and oxygen atoms in total. The number of methoxy groups -OCH3 is 1. The van der Waals surface area contributed by atoms with E-state index in [4.69, 9.17) is 14.9 Å². The van der Waals surface area contributed by atoms with Crippen molar-refractivity contribution in [1.82, 2.24) is 4.98 Å². The van der Waals surface area contributed by atoms with Crippen molar-refractivity contribution in [2.24, 2.45) is 0 Å². The molecule has 0 unspecified atom stereocenters. The number of nitrogens with two attached hydrogens (primary N) is 1. The lowest BCUT2D eigenvalue weighted by Gasteiger charge is -2.07. The molecule has 4 heteroatoms. The molecule has 0 aliphatic heterocycles. The molecular formula is C10H10N2O2. The second-order valence-corrected chi connectivity index (χ2v) is 2.80. The van der Waals surface area contributed by atoms with Crippen molar-refractivity contribution >= 4 is 5.69 Å². The van der Waals surface area contributed by atoms with Gasteiger partial charge in [0.1, 0.15) is 12.0 Å². The van der Waals surface area contributed by atoms with Crippen LogP contribution in [0.25, 0.3) is 11.3 Å². The molecule has 1 heterocycles. The van der Waals surface area contributed by atoms with Crippen LogP contribution in [-0.2, 0) is 0 Å². The molecule has 0 saturated carbocycles. The van der Waals surface area contributed by atoms with Crippen LogP contribution in [0.3, 0.4) is 0 Å². The van der Waals surface area contributed by atoms with E-state index >= 15 is 0 Å². The molecule has 0 fully saturated rings. The van der Waals surface area contributed by atoms with Gasteiger partial charge in [0.25, 0.3) is 0 Å². The van der Waals surface area contributed by atoms with Crippen molar-refractivity contribution in [3.63, 3.8) is 0 Å². The second kappa shape index (κ2) is 3.41. The van der Waals surface area contributed by atoms with Crippen LogP contribution >= 0.6 is 0 Å². The highest BCUT2D eigenvalue weighted by molar-refractivity contribution is 5.74. The Hall–Kier alpha value is -1.97. The molecule has 14 heavy (non-hydrogen) atoms. The van der Waals surface area contributed by atoms with E-state index in [1.54, 1.807) is 19.4 Å². The zero-order chi connectivity index (χ0) is 9.97. The van der Waals surface area contributed by atoms with Gasteiger partial charge >= 0.3 is 0 Å². The van der Waals surface area contributed by atoms with Crippen LogP contribution in [0, 0.1) is 0 Å². The van der Waals surface area contributed by atoms with Gasteiger partial charge in [-0.25, -0.2) is 4.98 Å². The van der Waals surface area contributed by atoms with E-state index in [1.807, 2.05) is 12.1 Å². The van der Waals surface area contributed by atoms with Crippen LogP contribution in [0.5, 0.6) is 5.75 Å². The van der Waals surface area contributed by atoms with Crippen molar-refractivity contribution in [1.29, 1.82) is 0 Å². The summed E-state index contributed by atoms with van der Waals surface area (Å²) >= 11 is 0. The Morgan fingerprint density at radius 3 is 2.93 bits per heavy atom. The van der Waals surface area contributed by atoms with Crippen molar-refractivity contribution in [3.05, 3.63) is 30.9 Å². The van der Waals surface area contributed by atoms with E-state index < -0.39 is 0 Å². The van der Waals surface area contributed by atoms with Crippen molar-refractivity contribution in [2.75, 3.05) is 12.8 Å². The first kappa shape index (κ1) is 8.62. The fourth-order valence-electron chi connectivity index (χ4n) is 1.33. The van der Waals surface area contributed by atoms with Gasteiger partial charge in [-0.1, -0.05) is 6.07 Å². The number of aromatic nitrogens is 1. The van der Waals surface area contributed by atoms with E-state index in [2.05, 4.69) is 4.98 Å². The Bertz CT molecular complexity index is 424. The van der Waals surface area contributed by atoms with Crippen molar-refractivity contribution < 1.29 is 9.15 Å². The Balaban J connectivity index is 2.58. The highest BCUT2D eigenvalue weighted by Gasteiger charge is 2.10. The summed E-state index contributed by atoms with van der Waals surface area (Å²) in [6.07, 6.45) is 2.93. The molecule has 2 rings (SSSR count). The zero-order valence-electron chi connectivity index (χ0n) is 7.73. The third-order valence-electron chi connectivity index (χ3n) is 1.96. The smallest absolute Gasteiger partial charge is 0.181 e. The predicted octanol–water partition coefficient (Wildman–Crippen LogP) is 1.93. The van der Waals surface area contributed by atoms with Crippen LogP contribution in [-0.4, -0.2) is 12.1 Å². The van der Waals surface area contributed by atoms with E-state index in [0.29, 0.717) is 17.1 Å². The number of hydrogen-bond donors (Lipinski definition) is 1. The Kier molecular flexibility index (Phi) is 2.10. The molecule has 0 amide bonds. The molecule has 2 aromatic rings. The van der Waals surface area contributed by atoms with Crippen LogP contribution in [0.4, 0.5) is 5.69 Å². The Morgan fingerprint density at radius 1 is 1.43 bits per heavy atom. The monoisotopic (exact) mass is 190 g/mol. The number of ether oxygens (including phenoxy) is 1. The number of oxazole rings is 1. The largest absolute Gasteiger partial charge is 0.494 e. The molecule has 1 aromatic carbocycles. The van der Waals surface area contributed by atoms with Gasteiger partial charge in [-0.2, -0.15) is 0 Å². The van der Waals surface area contributed by atoms with E-state index in [-0.39, 0.29) is 0 Å². The van der Waals surface area contributed by atoms with Gasteiger partial charge in [0.15, 0.2) is 12.1 Å². The summed E-state index contributed by atoms with van der Waals surface area (Å²) in [5.41, 5.74) is 7.90. The third-order valence-corrected chi connectivity index (χ3v) is 1.96. The molecule has 0 radical (unpaired) electrons. The summed E-state index contributed by atoms with van der Waals surface area (Å²) in [5, 5.41) is 0. The first-order chi connectivity index (χ1) is 6.83. The highest BCUT2D eigenvalue weighted by Crippen LogP contribution is 2.33. The van der Waals surface area contributed by atoms with Crippen LogP contribution in [0.1, 0.15) is 0 Å². The van der Waals surface area contributed by atoms with Crippen LogP contribution in [0.2, 0.25) is 0 Å². The molecule has 0 aliphatic rings. The van der Waals surface area contributed by atoms with Crippen LogP contribution in [0.15, 0.2) is 35.3 Å². The number of benzene rings is 1. The molecule has 1 aromatic heterocycles. The molecule has 0 saturated heterocycles. The SMILES string of the molecule is COc1c(N)cccc1-c1cocn1. The molecular weight excluding hydrogens is 180 g/mol. The van der Waals surface area contributed by atoms with E-state index in [1.165, 1.54) is 6.39 Å². The minimum atomic E-state index is 0.591. The zero-order valence-corrected chi connectivity index (χ0v) is 7.73. The Labute approximate surface area is 81.3 Å². The summed E-state index contributed by atoms with van der Waals surface area (Å²) in [6.45, 7) is 0. The molecule has 0 atom stereocenters. The normalized spacial score (nSPS) is 10.1. The van der Waals surface area contributed by atoms with Crippen LogP contribution < -0.4 is 10.5 Å². The summed E-state index contributed by atoms with van der Waals surface area (Å²) < 4.78 is 10.1. The molecule has 0 bridgehead atoms. The maximum absolute atomic E-state index is 5.75. The summed E-state index contributed by atoms with van der Waals surface area (Å²) in [6, 6.07) is 5.51. The average molecular weight is 190 g/mol. The minimum Gasteiger partial charge on any atom is -0.494 e. The second-order valence-electron chi connectivity index (χ2n) is 2.80. The molecule has 0 aliphatic carbocycles. The van der Waals surface area contributed by atoms with Gasteiger partial charge in [-0.15, -0.1) is 0 Å². The maximum atomic E-state index is 5.75. The number of hydrogen-bond acceptors (Lipinski definition) is 4. The number of para-hydroxylation sites is 1. The number of nitrogens with zero attached hydrogens (tertiary/aromatic N) is 1. The first-order valence-electron chi connectivity index (χ1n) is 4.14. The van der Waals surface area contributed by atoms with Crippen molar-refractivity contribution in [2.45, 2.75) is 0 Å². The quantitative estimate of drug-likeness (QED) is 0.735. The van der Waals surface area contributed by atoms with E-state index in [9.17, 15) is 0 Å². The Morgan fingerprint density at radius 2 is 2.29 bits per heavy atom. The number of rotatable bonds is 2. The van der Waals surface area contributed by atoms with E-state index in [0.717, 1.165) is 5.56 Å². The maximum Gasteiger partial charge on any atom is 0.181 e. The third kappa shape index (κ3) is 1.31. The fourth-order valence-corrected chi connectivity index (χ4v) is 1.33. The molecule has 0 spiro atoms. The summed E-state index contributed by atoms with van der Waals surface area (Å²) in [4.78, 5) is 4.03. The lowest BCUT2D eigenvalue weighted by molar-refractivity contribution is 0.418. The topological polar surface area (TPSA) is 61.3 Å². The molecule has 72 valence electrons. The average Bonchev–Trinajstić information content (AvgIpc) is 2.70. The molecule has 2 N–H and O–H groups in total. The standard InChI is InChI=1S/C10H10N2O2/c1-13-10-7(3-2-4-8(10)11)9-5-14-6-12-9/h2-6H,11H2,1H3. The summed E-state index contributed by atoms with van der Waals surface area (Å²) in [5.74, 6) is 0.626. The summed E-state index contributed by atoms with van der Waals surface area (Å²) in [7, 11) is 1.58. The predicted molar refractivity (Wildman–Crippen MR) is 52.9 cm³/mol. The van der Waals surface area contributed by atoms with Gasteiger partial charge in [-0.05, 0) is 12.1 Å². The highest BCUT2D eigenvalue weighted by atomic mass is 16.5.